The van der Waals surface area contributed by atoms with Gasteiger partial charge in [0, 0.05) is 25.2 Å². The number of nitrogens with one attached hydrogen (secondary N) is 1. The molecule has 0 spiro atoms. The van der Waals surface area contributed by atoms with Crippen molar-refractivity contribution in [3.05, 3.63) is 0 Å². The molecular formula is C17H30N2O3. The normalized spacial score (nSPS) is 35.5. The molecule has 3 aliphatic rings. The van der Waals surface area contributed by atoms with E-state index in [1.807, 2.05) is 25.7 Å². The molecule has 3 aliphatic heterocycles. The lowest BCUT2D eigenvalue weighted by molar-refractivity contribution is 0.0255. The van der Waals surface area contributed by atoms with Gasteiger partial charge in [0.05, 0.1) is 12.2 Å². The van der Waals surface area contributed by atoms with Gasteiger partial charge in [-0.15, -0.1) is 0 Å². The van der Waals surface area contributed by atoms with Crippen molar-refractivity contribution in [3.8, 4) is 0 Å². The second-order valence-electron chi connectivity index (χ2n) is 7.98. The summed E-state index contributed by atoms with van der Waals surface area (Å²) in [5.74, 6) is 0. The molecule has 1 N–H and O–H groups in total. The van der Waals surface area contributed by atoms with Gasteiger partial charge in [-0.1, -0.05) is 0 Å². The molecule has 3 rings (SSSR count). The zero-order valence-electron chi connectivity index (χ0n) is 14.1. The average molecular weight is 310 g/mol. The molecule has 5 heteroatoms. The number of carbonyl (C=O) groups excluding carboxylic acids is 1. The van der Waals surface area contributed by atoms with Crippen LogP contribution in [0.3, 0.4) is 0 Å². The van der Waals surface area contributed by atoms with E-state index in [0.29, 0.717) is 24.3 Å². The highest BCUT2D eigenvalue weighted by atomic mass is 16.6. The standard InChI is InChI=1S/C17H30N2O3/c1-17(2,3)22-16(20)19-9-4-5-12(8-10-19)18-14-11-13-6-7-15(14)21-13/h12-15,18H,4-11H2,1-3H3/t12-,13-,14-,15-/m1/s1. The molecule has 2 bridgehead atoms. The molecule has 22 heavy (non-hydrogen) atoms. The third-order valence-electron chi connectivity index (χ3n) is 4.94. The predicted octanol–water partition coefficient (Wildman–Crippen LogP) is 2.69. The molecule has 0 aromatic heterocycles. The largest absolute Gasteiger partial charge is 0.444 e. The lowest BCUT2D eigenvalue weighted by atomic mass is 9.94. The van der Waals surface area contributed by atoms with Gasteiger partial charge in [0.2, 0.25) is 0 Å². The van der Waals surface area contributed by atoms with Gasteiger partial charge >= 0.3 is 6.09 Å². The maximum atomic E-state index is 12.2. The summed E-state index contributed by atoms with van der Waals surface area (Å²) in [7, 11) is 0. The second-order valence-corrected chi connectivity index (χ2v) is 7.98. The van der Waals surface area contributed by atoms with Crippen LogP contribution in [0.2, 0.25) is 0 Å². The zero-order valence-corrected chi connectivity index (χ0v) is 14.1. The lowest BCUT2D eigenvalue weighted by Gasteiger charge is -2.27. The van der Waals surface area contributed by atoms with E-state index in [1.165, 1.54) is 12.8 Å². The van der Waals surface area contributed by atoms with Gasteiger partial charge in [-0.2, -0.15) is 0 Å². The van der Waals surface area contributed by atoms with Crippen LogP contribution < -0.4 is 5.32 Å². The first kappa shape index (κ1) is 16.1. The Balaban J connectivity index is 1.47. The first-order valence-electron chi connectivity index (χ1n) is 8.80. The Morgan fingerprint density at radius 2 is 2.00 bits per heavy atom. The van der Waals surface area contributed by atoms with Crippen molar-refractivity contribution in [2.45, 2.75) is 89.2 Å². The van der Waals surface area contributed by atoms with Gasteiger partial charge in [0.15, 0.2) is 0 Å². The Morgan fingerprint density at radius 1 is 1.18 bits per heavy atom. The summed E-state index contributed by atoms with van der Waals surface area (Å²) in [6.07, 6.45) is 7.53. The molecule has 4 atom stereocenters. The second kappa shape index (κ2) is 6.36. The molecule has 3 fully saturated rings. The van der Waals surface area contributed by atoms with Crippen molar-refractivity contribution in [1.82, 2.24) is 10.2 Å². The van der Waals surface area contributed by atoms with Gasteiger partial charge < -0.3 is 19.7 Å². The maximum absolute atomic E-state index is 12.2. The first-order chi connectivity index (χ1) is 10.4. The van der Waals surface area contributed by atoms with Crippen LogP contribution in [0.15, 0.2) is 0 Å². The van der Waals surface area contributed by atoms with E-state index in [2.05, 4.69) is 5.32 Å². The number of ether oxygens (including phenoxy) is 2. The lowest BCUT2D eigenvalue weighted by Crippen LogP contribution is -2.44. The molecule has 3 saturated heterocycles. The van der Waals surface area contributed by atoms with Crippen molar-refractivity contribution >= 4 is 6.09 Å². The number of likely N-dealkylation sites (tertiary alicyclic amines) is 1. The molecule has 5 nitrogen and oxygen atoms in total. The summed E-state index contributed by atoms with van der Waals surface area (Å²) < 4.78 is 11.4. The highest BCUT2D eigenvalue weighted by molar-refractivity contribution is 5.68. The quantitative estimate of drug-likeness (QED) is 0.852. The van der Waals surface area contributed by atoms with Gasteiger partial charge in [-0.25, -0.2) is 4.79 Å². The summed E-state index contributed by atoms with van der Waals surface area (Å²) >= 11 is 0. The number of carbonyl (C=O) groups is 1. The highest BCUT2D eigenvalue weighted by Crippen LogP contribution is 2.35. The van der Waals surface area contributed by atoms with Crippen molar-refractivity contribution in [3.63, 3.8) is 0 Å². The number of rotatable bonds is 2. The number of hydrogen-bond donors (Lipinski definition) is 1. The number of hydrogen-bond acceptors (Lipinski definition) is 4. The van der Waals surface area contributed by atoms with Crippen LogP contribution in [0.4, 0.5) is 4.79 Å². The van der Waals surface area contributed by atoms with E-state index in [1.54, 1.807) is 0 Å². The molecule has 0 aromatic carbocycles. The van der Waals surface area contributed by atoms with Crippen molar-refractivity contribution in [2.24, 2.45) is 0 Å². The summed E-state index contributed by atoms with van der Waals surface area (Å²) in [6, 6.07) is 1.03. The van der Waals surface area contributed by atoms with E-state index < -0.39 is 5.60 Å². The Kier molecular flexibility index (Phi) is 4.64. The Bertz CT molecular complexity index is 407. The molecule has 0 aliphatic carbocycles. The summed E-state index contributed by atoms with van der Waals surface area (Å²) in [6.45, 7) is 7.35. The van der Waals surface area contributed by atoms with E-state index in [-0.39, 0.29) is 6.09 Å². The van der Waals surface area contributed by atoms with Crippen LogP contribution in [-0.4, -0.2) is 54.0 Å². The predicted molar refractivity (Wildman–Crippen MR) is 84.9 cm³/mol. The third kappa shape index (κ3) is 3.93. The fourth-order valence-electron chi connectivity index (χ4n) is 3.89. The monoisotopic (exact) mass is 310 g/mol. The van der Waals surface area contributed by atoms with Gasteiger partial charge in [-0.05, 0) is 59.3 Å². The van der Waals surface area contributed by atoms with E-state index in [0.717, 1.165) is 38.8 Å². The average Bonchev–Trinajstić information content (AvgIpc) is 2.94. The molecule has 3 heterocycles. The van der Waals surface area contributed by atoms with Crippen LogP contribution in [0.1, 0.15) is 59.3 Å². The topological polar surface area (TPSA) is 50.8 Å². The van der Waals surface area contributed by atoms with E-state index in [9.17, 15) is 4.79 Å². The number of fused-ring (bicyclic) bond motifs is 2. The minimum absolute atomic E-state index is 0.170. The molecular weight excluding hydrogens is 280 g/mol. The summed E-state index contributed by atoms with van der Waals surface area (Å²) in [4.78, 5) is 14.1. The van der Waals surface area contributed by atoms with Crippen LogP contribution in [0, 0.1) is 0 Å². The van der Waals surface area contributed by atoms with Crippen molar-refractivity contribution in [1.29, 1.82) is 0 Å². The fourth-order valence-corrected chi connectivity index (χ4v) is 3.89. The number of nitrogens with zero attached hydrogens (tertiary/aromatic N) is 1. The molecule has 0 aromatic rings. The van der Waals surface area contributed by atoms with Crippen molar-refractivity contribution < 1.29 is 14.3 Å². The minimum Gasteiger partial charge on any atom is -0.444 e. The summed E-state index contributed by atoms with van der Waals surface area (Å²) in [5, 5.41) is 3.79. The smallest absolute Gasteiger partial charge is 0.410 e. The Labute approximate surface area is 133 Å². The van der Waals surface area contributed by atoms with E-state index >= 15 is 0 Å². The zero-order chi connectivity index (χ0) is 15.7. The molecule has 126 valence electrons. The van der Waals surface area contributed by atoms with Gasteiger partial charge in [-0.3, -0.25) is 0 Å². The van der Waals surface area contributed by atoms with Gasteiger partial charge in [0.1, 0.15) is 5.60 Å². The number of amides is 1. The highest BCUT2D eigenvalue weighted by Gasteiger charge is 2.41. The van der Waals surface area contributed by atoms with E-state index in [4.69, 9.17) is 9.47 Å². The van der Waals surface area contributed by atoms with Crippen LogP contribution in [0.25, 0.3) is 0 Å². The Hall–Kier alpha value is -0.810. The maximum Gasteiger partial charge on any atom is 0.410 e. The molecule has 0 unspecified atom stereocenters. The fraction of sp³-hybridized carbons (Fsp3) is 0.941. The molecule has 0 radical (unpaired) electrons. The summed E-state index contributed by atoms with van der Waals surface area (Å²) in [5.41, 5.74) is -0.415. The van der Waals surface area contributed by atoms with Crippen LogP contribution in [0.5, 0.6) is 0 Å². The minimum atomic E-state index is -0.415. The SMILES string of the molecule is CC(C)(C)OC(=O)N1CCC[C@@H](N[C@@H]2C[C@H]3CC[C@H]2O3)CC1. The van der Waals surface area contributed by atoms with Crippen molar-refractivity contribution in [2.75, 3.05) is 13.1 Å². The molecule has 0 saturated carbocycles. The first-order valence-corrected chi connectivity index (χ1v) is 8.80. The molecule has 1 amide bonds. The Morgan fingerprint density at radius 3 is 2.64 bits per heavy atom. The van der Waals surface area contributed by atoms with Crippen LogP contribution in [-0.2, 0) is 9.47 Å². The van der Waals surface area contributed by atoms with Crippen LogP contribution >= 0.6 is 0 Å². The van der Waals surface area contributed by atoms with Gasteiger partial charge in [0.25, 0.3) is 0 Å². The third-order valence-corrected chi connectivity index (χ3v) is 4.94.